The van der Waals surface area contributed by atoms with Crippen LogP contribution >= 0.6 is 0 Å². The Bertz CT molecular complexity index is 423. The minimum atomic E-state index is -1.03. The Kier molecular flexibility index (Phi) is 27.6. The van der Waals surface area contributed by atoms with Crippen molar-refractivity contribution in [3.8, 4) is 0 Å². The van der Waals surface area contributed by atoms with Crippen LogP contribution in [0.3, 0.4) is 0 Å². The van der Waals surface area contributed by atoms with E-state index in [2.05, 4.69) is 13.8 Å². The second kappa shape index (κ2) is 28.0. The van der Waals surface area contributed by atoms with Crippen molar-refractivity contribution < 1.29 is 14.6 Å². The minimum Gasteiger partial charge on any atom is -0.547 e. The first kappa shape index (κ1) is 34.4. The minimum absolute atomic E-state index is 0.0124. The summed E-state index contributed by atoms with van der Waals surface area (Å²) in [6, 6.07) is 0. The van der Waals surface area contributed by atoms with Crippen LogP contribution in [0.4, 0.5) is 0 Å². The molecule has 35 heavy (non-hydrogen) atoms. The molecule has 2 atom stereocenters. The van der Waals surface area contributed by atoms with Gasteiger partial charge in [0.1, 0.15) is 0 Å². The van der Waals surface area contributed by atoms with E-state index >= 15 is 0 Å². The van der Waals surface area contributed by atoms with Crippen LogP contribution in [-0.4, -0.2) is 18.2 Å². The van der Waals surface area contributed by atoms with E-state index in [9.17, 15) is 9.90 Å². The van der Waals surface area contributed by atoms with Crippen LogP contribution in [0.25, 0.3) is 0 Å². The van der Waals surface area contributed by atoms with Crippen LogP contribution in [0.5, 0.6) is 0 Å². The van der Waals surface area contributed by atoms with E-state index < -0.39 is 12.1 Å². The van der Waals surface area contributed by atoms with Crippen LogP contribution in [0.15, 0.2) is 0 Å². The lowest BCUT2D eigenvalue weighted by molar-refractivity contribution is -0.318. The molecule has 0 aromatic heterocycles. The summed E-state index contributed by atoms with van der Waals surface area (Å²) in [4.78, 5) is 11.5. The highest BCUT2D eigenvalue weighted by atomic mass is 16.5. The van der Waals surface area contributed by atoms with E-state index in [4.69, 9.17) is 4.74 Å². The molecule has 0 N–H and O–H groups in total. The Balaban J connectivity index is 3.56. The van der Waals surface area contributed by atoms with Gasteiger partial charge in [0.25, 0.3) is 0 Å². The van der Waals surface area contributed by atoms with Gasteiger partial charge in [-0.3, -0.25) is 0 Å². The van der Waals surface area contributed by atoms with Crippen LogP contribution in [-0.2, 0) is 9.53 Å². The third-order valence-electron chi connectivity index (χ3n) is 7.44. The van der Waals surface area contributed by atoms with Gasteiger partial charge in [0.2, 0.25) is 0 Å². The molecule has 210 valence electrons. The van der Waals surface area contributed by atoms with Gasteiger partial charge in [-0.05, 0) is 19.8 Å². The van der Waals surface area contributed by atoms with Gasteiger partial charge in [0.15, 0.2) is 0 Å². The number of unbranched alkanes of at least 4 members (excludes halogenated alkanes) is 22. The first-order valence-corrected chi connectivity index (χ1v) is 16.0. The Hall–Kier alpha value is -0.570. The van der Waals surface area contributed by atoms with E-state index in [1.54, 1.807) is 0 Å². The van der Waals surface area contributed by atoms with Gasteiger partial charge < -0.3 is 14.6 Å². The number of hydrogen-bond acceptors (Lipinski definition) is 3. The average Bonchev–Trinajstić information content (AvgIpc) is 2.84. The van der Waals surface area contributed by atoms with E-state index in [-0.39, 0.29) is 6.10 Å². The Labute approximate surface area is 220 Å². The molecule has 0 radical (unpaired) electrons. The van der Waals surface area contributed by atoms with Gasteiger partial charge in [-0.2, -0.15) is 0 Å². The first-order valence-electron chi connectivity index (χ1n) is 16.0. The highest BCUT2D eigenvalue weighted by molar-refractivity contribution is 5.69. The summed E-state index contributed by atoms with van der Waals surface area (Å²) in [5, 5.41) is 11.5. The second-order valence-electron chi connectivity index (χ2n) is 11.1. The molecule has 0 fully saturated rings. The van der Waals surface area contributed by atoms with Crippen LogP contribution in [0.2, 0.25) is 0 Å². The molecule has 3 nitrogen and oxygen atoms in total. The predicted octanol–water partition coefficient (Wildman–Crippen LogP) is 9.69. The first-order chi connectivity index (χ1) is 17.1. The largest absolute Gasteiger partial charge is 0.547 e. The molecule has 0 spiro atoms. The molecular formula is C32H63O3-. The molecule has 0 saturated heterocycles. The summed E-state index contributed by atoms with van der Waals surface area (Å²) in [5.74, 6) is -1.03. The Morgan fingerprint density at radius 1 is 0.514 bits per heavy atom. The monoisotopic (exact) mass is 495 g/mol. The standard InChI is InChI=1S/C32H64O3/c1-4-6-8-10-12-14-16-18-20-22-24-26-28-30(3)35-31(32(33)34)29-27-25-23-21-19-17-15-13-11-9-7-5-2/h30-31H,4-29H2,1-3H3,(H,33,34)/p-1. The molecule has 0 saturated carbocycles. The third-order valence-corrected chi connectivity index (χ3v) is 7.44. The van der Waals surface area contributed by atoms with E-state index in [1.807, 2.05) is 6.92 Å². The van der Waals surface area contributed by atoms with Gasteiger partial charge in [0.05, 0.1) is 18.2 Å². The molecule has 0 aromatic rings. The number of carboxylic acid groups (broad SMARTS) is 1. The SMILES string of the molecule is CCCCCCCCCCCCCCC(C)OC(CCCCCCCCCCCCCC)C(=O)[O-]. The zero-order valence-corrected chi connectivity index (χ0v) is 24.3. The summed E-state index contributed by atoms with van der Waals surface area (Å²) >= 11 is 0. The van der Waals surface area contributed by atoms with Crippen LogP contribution in [0.1, 0.15) is 188 Å². The van der Waals surface area contributed by atoms with Gasteiger partial charge in [0, 0.05) is 0 Å². The lowest BCUT2D eigenvalue weighted by Crippen LogP contribution is -2.39. The van der Waals surface area contributed by atoms with Crippen molar-refractivity contribution in [2.75, 3.05) is 0 Å². The molecule has 2 unspecified atom stereocenters. The number of rotatable bonds is 29. The highest BCUT2D eigenvalue weighted by Crippen LogP contribution is 2.17. The van der Waals surface area contributed by atoms with Crippen molar-refractivity contribution in [2.45, 2.75) is 200 Å². The van der Waals surface area contributed by atoms with Crippen LogP contribution < -0.4 is 5.11 Å². The average molecular weight is 496 g/mol. The maximum absolute atomic E-state index is 11.5. The number of carbonyl (C=O) groups excluding carboxylic acids is 1. The number of aliphatic carboxylic acids is 1. The normalized spacial score (nSPS) is 13.2. The fourth-order valence-corrected chi connectivity index (χ4v) is 5.03. The fraction of sp³-hybridized carbons (Fsp3) is 0.969. The van der Waals surface area contributed by atoms with Gasteiger partial charge >= 0.3 is 0 Å². The molecule has 0 aliphatic heterocycles. The fourth-order valence-electron chi connectivity index (χ4n) is 5.03. The molecule has 0 rings (SSSR count). The summed E-state index contributed by atoms with van der Waals surface area (Å²) in [6.45, 7) is 6.56. The van der Waals surface area contributed by atoms with Crippen molar-refractivity contribution in [3.63, 3.8) is 0 Å². The Morgan fingerprint density at radius 3 is 1.11 bits per heavy atom. The zero-order chi connectivity index (χ0) is 25.8. The maximum Gasteiger partial charge on any atom is 0.0972 e. The van der Waals surface area contributed by atoms with E-state index in [0.717, 1.165) is 25.7 Å². The molecule has 0 amide bonds. The summed E-state index contributed by atoms with van der Waals surface area (Å²) in [6.07, 6.45) is 32.4. The van der Waals surface area contributed by atoms with Gasteiger partial charge in [-0.1, -0.05) is 168 Å². The predicted molar refractivity (Wildman–Crippen MR) is 151 cm³/mol. The third kappa shape index (κ3) is 26.3. The molecule has 0 heterocycles. The quantitative estimate of drug-likeness (QED) is 0.0970. The van der Waals surface area contributed by atoms with E-state index in [1.165, 1.54) is 135 Å². The summed E-state index contributed by atoms with van der Waals surface area (Å²) in [7, 11) is 0. The molecule has 0 aromatic carbocycles. The number of hydrogen-bond donors (Lipinski definition) is 0. The van der Waals surface area contributed by atoms with Gasteiger partial charge in [-0.15, -0.1) is 0 Å². The number of carboxylic acids is 1. The maximum atomic E-state index is 11.5. The molecule has 0 bridgehead atoms. The smallest absolute Gasteiger partial charge is 0.0972 e. The summed E-state index contributed by atoms with van der Waals surface area (Å²) in [5.41, 5.74) is 0. The highest BCUT2D eigenvalue weighted by Gasteiger charge is 2.14. The lowest BCUT2D eigenvalue weighted by Gasteiger charge is -2.23. The van der Waals surface area contributed by atoms with E-state index in [0.29, 0.717) is 6.42 Å². The molecule has 3 heteroatoms. The molecule has 0 aliphatic rings. The van der Waals surface area contributed by atoms with Crippen LogP contribution in [0, 0.1) is 0 Å². The topological polar surface area (TPSA) is 49.4 Å². The van der Waals surface area contributed by atoms with Crippen molar-refractivity contribution in [1.29, 1.82) is 0 Å². The van der Waals surface area contributed by atoms with Crippen molar-refractivity contribution in [2.24, 2.45) is 0 Å². The number of ether oxygens (including phenoxy) is 1. The molecule has 0 aliphatic carbocycles. The summed E-state index contributed by atoms with van der Waals surface area (Å²) < 4.78 is 5.85. The van der Waals surface area contributed by atoms with Crippen molar-refractivity contribution in [1.82, 2.24) is 0 Å². The van der Waals surface area contributed by atoms with Crippen molar-refractivity contribution in [3.05, 3.63) is 0 Å². The second-order valence-corrected chi connectivity index (χ2v) is 11.1. The number of carbonyl (C=O) groups is 1. The van der Waals surface area contributed by atoms with Crippen molar-refractivity contribution >= 4 is 5.97 Å². The lowest BCUT2D eigenvalue weighted by atomic mass is 10.0. The zero-order valence-electron chi connectivity index (χ0n) is 24.3. The van der Waals surface area contributed by atoms with Gasteiger partial charge in [-0.25, -0.2) is 0 Å². The Morgan fingerprint density at radius 2 is 0.800 bits per heavy atom. The molecular weight excluding hydrogens is 432 g/mol.